The van der Waals surface area contributed by atoms with E-state index in [2.05, 4.69) is 17.0 Å². The Morgan fingerprint density at radius 2 is 1.27 bits per heavy atom. The van der Waals surface area contributed by atoms with Crippen molar-refractivity contribution < 1.29 is 19.1 Å². The van der Waals surface area contributed by atoms with Crippen LogP contribution >= 0.6 is 0 Å². The van der Waals surface area contributed by atoms with Crippen LogP contribution in [0.4, 0.5) is 11.4 Å². The van der Waals surface area contributed by atoms with Crippen LogP contribution in [0, 0.1) is 0 Å². The number of carbonyl (C=O) groups excluding carboxylic acids is 2. The van der Waals surface area contributed by atoms with Gasteiger partial charge in [-0.3, -0.25) is 14.5 Å². The molecule has 2 aliphatic rings. The number of ether oxygens (including phenoxy) is 2. The number of nitrogens with zero attached hydrogens (tertiary/aromatic N) is 3. The zero-order valence-electron chi connectivity index (χ0n) is 23.3. The summed E-state index contributed by atoms with van der Waals surface area (Å²) in [6.07, 6.45) is 0. The average Bonchev–Trinajstić information content (AvgIpc) is 3.05. The van der Waals surface area contributed by atoms with E-state index in [9.17, 15) is 9.59 Å². The van der Waals surface area contributed by atoms with Crippen LogP contribution < -0.4 is 19.3 Å². The lowest BCUT2D eigenvalue weighted by molar-refractivity contribution is -0.133. The number of hydrogen-bond donors (Lipinski definition) is 0. The van der Waals surface area contributed by atoms with Crippen LogP contribution in [0.25, 0.3) is 0 Å². The molecule has 0 N–H and O–H groups in total. The van der Waals surface area contributed by atoms with Gasteiger partial charge in [-0.15, -0.1) is 0 Å². The molecule has 41 heavy (non-hydrogen) atoms. The van der Waals surface area contributed by atoms with E-state index in [-0.39, 0.29) is 11.8 Å². The standard InChI is InChI=1S/C34H33N3O4/c1-40-27-16-12-24(13-17-27)32-31(34(39)36-22-20-35(21-23-36)25-8-4-3-5-9-25)29-10-6-7-11-30(29)33(38)37(32)26-14-18-28(41-2)19-15-26/h3-19,31-32H,20-23H2,1-2H3/t31-,32-/m1/s1. The van der Waals surface area contributed by atoms with Crippen LogP contribution in [0.1, 0.15) is 33.4 Å². The van der Waals surface area contributed by atoms with Gasteiger partial charge in [0.2, 0.25) is 5.91 Å². The number of hydrogen-bond acceptors (Lipinski definition) is 5. The van der Waals surface area contributed by atoms with Crippen LogP contribution in [0.3, 0.4) is 0 Å². The fourth-order valence-electron chi connectivity index (χ4n) is 5.99. The minimum Gasteiger partial charge on any atom is -0.497 e. The summed E-state index contributed by atoms with van der Waals surface area (Å²) in [6, 6.07) is 32.4. The number of methoxy groups -OCH3 is 2. The van der Waals surface area contributed by atoms with E-state index in [1.165, 1.54) is 0 Å². The van der Waals surface area contributed by atoms with Crippen LogP contribution in [0.2, 0.25) is 0 Å². The predicted octanol–water partition coefficient (Wildman–Crippen LogP) is 5.54. The molecule has 2 heterocycles. The largest absolute Gasteiger partial charge is 0.497 e. The Balaban J connectivity index is 1.41. The molecule has 2 amide bonds. The maximum Gasteiger partial charge on any atom is 0.259 e. The van der Waals surface area contributed by atoms with Crippen molar-refractivity contribution in [3.05, 3.63) is 120 Å². The highest BCUT2D eigenvalue weighted by Gasteiger charge is 2.46. The minimum atomic E-state index is -0.581. The molecule has 0 bridgehead atoms. The molecule has 2 atom stereocenters. The quantitative estimate of drug-likeness (QED) is 0.317. The van der Waals surface area contributed by atoms with Crippen molar-refractivity contribution in [1.82, 2.24) is 4.90 Å². The maximum absolute atomic E-state index is 14.6. The van der Waals surface area contributed by atoms with Gasteiger partial charge in [0.25, 0.3) is 5.91 Å². The Morgan fingerprint density at radius 3 is 1.90 bits per heavy atom. The second kappa shape index (κ2) is 11.4. The van der Waals surface area contributed by atoms with Crippen molar-refractivity contribution >= 4 is 23.2 Å². The Hall–Kier alpha value is -4.78. The summed E-state index contributed by atoms with van der Waals surface area (Å²) in [6.45, 7) is 2.72. The van der Waals surface area contributed by atoms with Gasteiger partial charge in [0.05, 0.1) is 26.2 Å². The van der Waals surface area contributed by atoms with E-state index in [4.69, 9.17) is 9.47 Å². The highest BCUT2D eigenvalue weighted by atomic mass is 16.5. The highest BCUT2D eigenvalue weighted by molar-refractivity contribution is 6.11. The fourth-order valence-corrected chi connectivity index (χ4v) is 5.99. The molecule has 1 saturated heterocycles. The Bertz CT molecular complexity index is 1510. The summed E-state index contributed by atoms with van der Waals surface area (Å²) < 4.78 is 10.8. The number of carbonyl (C=O) groups is 2. The molecular formula is C34H33N3O4. The Labute approximate surface area is 240 Å². The third-order valence-electron chi connectivity index (χ3n) is 8.13. The highest BCUT2D eigenvalue weighted by Crippen LogP contribution is 2.46. The molecule has 6 rings (SSSR count). The third kappa shape index (κ3) is 4.99. The minimum absolute atomic E-state index is 0.0250. The zero-order chi connectivity index (χ0) is 28.3. The number of para-hydroxylation sites is 1. The first-order valence-corrected chi connectivity index (χ1v) is 13.9. The molecule has 0 unspecified atom stereocenters. The first-order chi connectivity index (χ1) is 20.1. The molecule has 0 radical (unpaired) electrons. The molecule has 0 spiro atoms. The van der Waals surface area contributed by atoms with Crippen LogP contribution in [0.15, 0.2) is 103 Å². The van der Waals surface area contributed by atoms with Crippen molar-refractivity contribution in [3.63, 3.8) is 0 Å². The van der Waals surface area contributed by atoms with E-state index in [0.717, 1.165) is 29.9 Å². The Morgan fingerprint density at radius 1 is 0.683 bits per heavy atom. The van der Waals surface area contributed by atoms with E-state index in [1.54, 1.807) is 19.1 Å². The van der Waals surface area contributed by atoms with Gasteiger partial charge in [-0.25, -0.2) is 0 Å². The summed E-state index contributed by atoms with van der Waals surface area (Å²) in [7, 11) is 3.24. The van der Waals surface area contributed by atoms with Crippen molar-refractivity contribution in [2.75, 3.05) is 50.2 Å². The average molecular weight is 548 g/mol. The molecule has 0 saturated carbocycles. The number of piperazine rings is 1. The van der Waals surface area contributed by atoms with Gasteiger partial charge >= 0.3 is 0 Å². The zero-order valence-corrected chi connectivity index (χ0v) is 23.3. The third-order valence-corrected chi connectivity index (χ3v) is 8.13. The maximum atomic E-state index is 14.6. The van der Waals surface area contributed by atoms with Crippen LogP contribution in [-0.4, -0.2) is 57.1 Å². The smallest absolute Gasteiger partial charge is 0.259 e. The SMILES string of the molecule is COc1ccc([C@@H]2[C@H](C(=O)N3CCN(c4ccccc4)CC3)c3ccccc3C(=O)N2c2ccc(OC)cc2)cc1. The van der Waals surface area contributed by atoms with Crippen molar-refractivity contribution in [1.29, 1.82) is 0 Å². The van der Waals surface area contributed by atoms with Gasteiger partial charge in [0.1, 0.15) is 11.5 Å². The topological polar surface area (TPSA) is 62.3 Å². The van der Waals surface area contributed by atoms with Gasteiger partial charge < -0.3 is 19.3 Å². The first kappa shape index (κ1) is 26.4. The molecule has 1 fully saturated rings. The molecule has 4 aromatic rings. The number of benzene rings is 4. The molecule has 2 aliphatic heterocycles. The molecule has 208 valence electrons. The van der Waals surface area contributed by atoms with Crippen molar-refractivity contribution in [3.8, 4) is 11.5 Å². The fraction of sp³-hybridized carbons (Fsp3) is 0.235. The van der Waals surface area contributed by atoms with Gasteiger partial charge in [-0.05, 0) is 65.7 Å². The van der Waals surface area contributed by atoms with Gasteiger partial charge in [0.15, 0.2) is 0 Å². The molecule has 0 aromatic heterocycles. The number of anilines is 2. The molecular weight excluding hydrogens is 514 g/mol. The van der Waals surface area contributed by atoms with E-state index in [0.29, 0.717) is 35.8 Å². The van der Waals surface area contributed by atoms with Gasteiger partial charge in [0, 0.05) is 43.1 Å². The normalized spacial score (nSPS) is 18.6. The number of amides is 2. The summed E-state index contributed by atoms with van der Waals surface area (Å²) in [5, 5.41) is 0. The lowest BCUT2D eigenvalue weighted by Crippen LogP contribution is -2.53. The molecule has 7 heteroatoms. The van der Waals surface area contributed by atoms with Crippen LogP contribution in [0.5, 0.6) is 11.5 Å². The number of rotatable bonds is 6. The molecule has 4 aromatic carbocycles. The van der Waals surface area contributed by atoms with E-state index >= 15 is 0 Å². The van der Waals surface area contributed by atoms with Gasteiger partial charge in [-0.1, -0.05) is 48.5 Å². The second-order valence-corrected chi connectivity index (χ2v) is 10.3. The lowest BCUT2D eigenvalue weighted by Gasteiger charge is -2.44. The summed E-state index contributed by atoms with van der Waals surface area (Å²) in [5.74, 6) is 0.722. The number of fused-ring (bicyclic) bond motifs is 1. The summed E-state index contributed by atoms with van der Waals surface area (Å²) >= 11 is 0. The van der Waals surface area contributed by atoms with E-state index < -0.39 is 12.0 Å². The van der Waals surface area contributed by atoms with Crippen molar-refractivity contribution in [2.45, 2.75) is 12.0 Å². The van der Waals surface area contributed by atoms with Crippen LogP contribution in [-0.2, 0) is 4.79 Å². The summed E-state index contributed by atoms with van der Waals surface area (Å²) in [4.78, 5) is 34.8. The van der Waals surface area contributed by atoms with E-state index in [1.807, 2.05) is 95.9 Å². The lowest BCUT2D eigenvalue weighted by atomic mass is 9.78. The first-order valence-electron chi connectivity index (χ1n) is 13.9. The predicted molar refractivity (Wildman–Crippen MR) is 160 cm³/mol. The van der Waals surface area contributed by atoms with Crippen molar-refractivity contribution in [2.24, 2.45) is 0 Å². The second-order valence-electron chi connectivity index (χ2n) is 10.3. The summed E-state index contributed by atoms with van der Waals surface area (Å²) in [5.41, 5.74) is 4.05. The van der Waals surface area contributed by atoms with Gasteiger partial charge in [-0.2, -0.15) is 0 Å². The Kier molecular flexibility index (Phi) is 7.33. The molecule has 7 nitrogen and oxygen atoms in total. The monoisotopic (exact) mass is 547 g/mol. The molecule has 0 aliphatic carbocycles.